The van der Waals surface area contributed by atoms with Gasteiger partial charge in [-0.1, -0.05) is 6.58 Å². The molecule has 5 heteroatoms. The fraction of sp³-hybridized carbons (Fsp3) is 0.429. The van der Waals surface area contributed by atoms with Gasteiger partial charge in [-0.15, -0.1) is 0 Å². The van der Waals surface area contributed by atoms with Crippen LogP contribution in [-0.2, 0) is 19.4 Å². The lowest BCUT2D eigenvalue weighted by atomic mass is 10.4. The van der Waals surface area contributed by atoms with Crippen molar-refractivity contribution in [3.63, 3.8) is 0 Å². The summed E-state index contributed by atoms with van der Waals surface area (Å²) in [6.07, 6.45) is -1.32. The highest BCUT2D eigenvalue weighted by Crippen LogP contribution is 1.94. The lowest BCUT2D eigenvalue weighted by molar-refractivity contribution is -0.260. The molecule has 0 saturated heterocycles. The summed E-state index contributed by atoms with van der Waals surface area (Å²) in [5.74, 6) is -1.87. The summed E-state index contributed by atoms with van der Waals surface area (Å²) in [5, 5.41) is 8.58. The second-order valence-corrected chi connectivity index (χ2v) is 2.23. The van der Waals surface area contributed by atoms with E-state index in [0.29, 0.717) is 0 Å². The number of carbonyl (C=O) groups is 2. The van der Waals surface area contributed by atoms with E-state index in [-0.39, 0.29) is 5.57 Å². The van der Waals surface area contributed by atoms with E-state index in [1.807, 2.05) is 0 Å². The highest BCUT2D eigenvalue weighted by Gasteiger charge is 2.14. The van der Waals surface area contributed by atoms with Crippen molar-refractivity contribution in [3.8, 4) is 0 Å². The molecule has 1 unspecified atom stereocenters. The summed E-state index contributed by atoms with van der Waals surface area (Å²) in [6.45, 7) is 5.84. The molecule has 0 spiro atoms. The number of aliphatic hydroxyl groups excluding tert-OH is 1. The predicted octanol–water partition coefficient (Wildman–Crippen LogP) is -0.0553. The zero-order valence-electron chi connectivity index (χ0n) is 6.86. The minimum atomic E-state index is -1.32. The number of hydrogen-bond acceptors (Lipinski definition) is 5. The van der Waals surface area contributed by atoms with E-state index in [1.165, 1.54) is 13.8 Å². The Morgan fingerprint density at radius 2 is 1.92 bits per heavy atom. The van der Waals surface area contributed by atoms with Gasteiger partial charge in [0.25, 0.3) is 0 Å². The zero-order chi connectivity index (χ0) is 9.72. The largest absolute Gasteiger partial charge is 0.383 e. The van der Waals surface area contributed by atoms with Crippen molar-refractivity contribution in [1.29, 1.82) is 0 Å². The van der Waals surface area contributed by atoms with Gasteiger partial charge in [0, 0.05) is 5.57 Å². The summed E-state index contributed by atoms with van der Waals surface area (Å²) < 4.78 is 0. The Morgan fingerprint density at radius 1 is 1.42 bits per heavy atom. The molecule has 0 aromatic carbocycles. The molecule has 0 aromatic rings. The first-order valence-corrected chi connectivity index (χ1v) is 3.21. The maximum atomic E-state index is 10.6. The standard InChI is InChI=1S/C7H10O5/c1-4(2)6(9)11-12-7(10)5(3)8/h5,8H,1H2,2-3H3. The van der Waals surface area contributed by atoms with Crippen LogP contribution in [0.3, 0.4) is 0 Å². The number of hydrogen-bond donors (Lipinski definition) is 1. The first-order chi connectivity index (χ1) is 5.45. The van der Waals surface area contributed by atoms with E-state index in [9.17, 15) is 9.59 Å². The summed E-state index contributed by atoms with van der Waals surface area (Å²) in [5.41, 5.74) is 0.105. The third kappa shape index (κ3) is 3.72. The minimum Gasteiger partial charge on any atom is -0.382 e. The minimum absolute atomic E-state index is 0.105. The number of carbonyl (C=O) groups excluding carboxylic acids is 2. The number of aliphatic hydroxyl groups is 1. The van der Waals surface area contributed by atoms with E-state index in [2.05, 4.69) is 16.4 Å². The van der Waals surface area contributed by atoms with Crippen molar-refractivity contribution >= 4 is 11.9 Å². The van der Waals surface area contributed by atoms with E-state index in [1.54, 1.807) is 0 Å². The lowest BCUT2D eigenvalue weighted by Gasteiger charge is -2.03. The van der Waals surface area contributed by atoms with Crippen molar-refractivity contribution in [2.75, 3.05) is 0 Å². The van der Waals surface area contributed by atoms with Gasteiger partial charge in [-0.2, -0.15) is 0 Å². The molecule has 0 heterocycles. The Balaban J connectivity index is 3.77. The Labute approximate surface area is 69.5 Å². The average molecular weight is 174 g/mol. The molecular formula is C7H10O5. The van der Waals surface area contributed by atoms with Crippen LogP contribution in [0.25, 0.3) is 0 Å². The Kier molecular flexibility index (Phi) is 3.99. The number of rotatable bonds is 2. The first kappa shape index (κ1) is 10.6. The molecule has 0 amide bonds. The molecule has 1 N–H and O–H groups in total. The van der Waals surface area contributed by atoms with Gasteiger partial charge in [0.1, 0.15) is 0 Å². The van der Waals surface area contributed by atoms with Gasteiger partial charge in [0.05, 0.1) is 0 Å². The third-order valence-corrected chi connectivity index (χ3v) is 0.889. The van der Waals surface area contributed by atoms with Gasteiger partial charge >= 0.3 is 11.9 Å². The van der Waals surface area contributed by atoms with Crippen molar-refractivity contribution in [1.82, 2.24) is 0 Å². The van der Waals surface area contributed by atoms with E-state index < -0.39 is 18.0 Å². The maximum Gasteiger partial charge on any atom is 0.383 e. The smallest absolute Gasteiger partial charge is 0.382 e. The van der Waals surface area contributed by atoms with Crippen LogP contribution in [-0.4, -0.2) is 23.1 Å². The molecule has 68 valence electrons. The monoisotopic (exact) mass is 174 g/mol. The molecule has 5 nitrogen and oxygen atoms in total. The van der Waals surface area contributed by atoms with Gasteiger partial charge in [-0.3, -0.25) is 0 Å². The van der Waals surface area contributed by atoms with Gasteiger partial charge < -0.3 is 5.11 Å². The molecule has 0 rings (SSSR count). The van der Waals surface area contributed by atoms with Gasteiger partial charge in [0.2, 0.25) is 0 Å². The fourth-order valence-corrected chi connectivity index (χ4v) is 0.220. The second-order valence-electron chi connectivity index (χ2n) is 2.23. The van der Waals surface area contributed by atoms with Crippen LogP contribution in [0.15, 0.2) is 12.2 Å². The average Bonchev–Trinajstić information content (AvgIpc) is 1.98. The van der Waals surface area contributed by atoms with E-state index in [4.69, 9.17) is 5.11 Å². The molecule has 0 aromatic heterocycles. The summed E-state index contributed by atoms with van der Waals surface area (Å²) in [7, 11) is 0. The van der Waals surface area contributed by atoms with Crippen LogP contribution in [0.5, 0.6) is 0 Å². The van der Waals surface area contributed by atoms with Crippen molar-refractivity contribution < 1.29 is 24.5 Å². The molecule has 0 bridgehead atoms. The van der Waals surface area contributed by atoms with Gasteiger partial charge in [-0.25, -0.2) is 19.4 Å². The van der Waals surface area contributed by atoms with Crippen LogP contribution < -0.4 is 0 Å². The van der Waals surface area contributed by atoms with E-state index >= 15 is 0 Å². The SMILES string of the molecule is C=C(C)C(=O)OOC(=O)C(C)O. The Morgan fingerprint density at radius 3 is 2.25 bits per heavy atom. The van der Waals surface area contributed by atoms with Gasteiger partial charge in [-0.05, 0) is 13.8 Å². The van der Waals surface area contributed by atoms with Crippen molar-refractivity contribution in [2.45, 2.75) is 20.0 Å². The Hall–Kier alpha value is -1.36. The van der Waals surface area contributed by atoms with E-state index in [0.717, 1.165) is 0 Å². The molecule has 0 radical (unpaired) electrons. The summed E-state index contributed by atoms with van der Waals surface area (Å²) in [4.78, 5) is 29.0. The summed E-state index contributed by atoms with van der Waals surface area (Å²) in [6, 6.07) is 0. The molecule has 0 aliphatic carbocycles. The molecule has 12 heavy (non-hydrogen) atoms. The fourth-order valence-electron chi connectivity index (χ4n) is 0.220. The lowest BCUT2D eigenvalue weighted by Crippen LogP contribution is -2.21. The maximum absolute atomic E-state index is 10.6. The highest BCUT2D eigenvalue weighted by molar-refractivity contribution is 5.87. The topological polar surface area (TPSA) is 72.8 Å². The molecular weight excluding hydrogens is 164 g/mol. The van der Waals surface area contributed by atoms with Crippen molar-refractivity contribution in [2.24, 2.45) is 0 Å². The molecule has 0 fully saturated rings. The van der Waals surface area contributed by atoms with Crippen LogP contribution >= 0.6 is 0 Å². The Bertz CT molecular complexity index is 206. The second kappa shape index (κ2) is 4.50. The van der Waals surface area contributed by atoms with Crippen LogP contribution in [0.4, 0.5) is 0 Å². The van der Waals surface area contributed by atoms with Crippen molar-refractivity contribution in [3.05, 3.63) is 12.2 Å². The molecule has 0 aliphatic rings. The molecule has 0 aliphatic heterocycles. The first-order valence-electron chi connectivity index (χ1n) is 3.21. The normalized spacial score (nSPS) is 11.6. The highest BCUT2D eigenvalue weighted by atomic mass is 17.2. The molecule has 1 atom stereocenters. The van der Waals surface area contributed by atoms with Gasteiger partial charge in [0.15, 0.2) is 6.10 Å². The summed E-state index contributed by atoms with van der Waals surface area (Å²) >= 11 is 0. The van der Waals surface area contributed by atoms with Crippen LogP contribution in [0.2, 0.25) is 0 Å². The quantitative estimate of drug-likeness (QED) is 0.361. The van der Waals surface area contributed by atoms with Crippen LogP contribution in [0.1, 0.15) is 13.8 Å². The third-order valence-electron chi connectivity index (χ3n) is 0.889. The zero-order valence-corrected chi connectivity index (χ0v) is 6.86. The predicted molar refractivity (Wildman–Crippen MR) is 38.7 cm³/mol. The van der Waals surface area contributed by atoms with Crippen LogP contribution in [0, 0.1) is 0 Å². The molecule has 0 saturated carbocycles.